The number of rotatable bonds is 6. The van der Waals surface area contributed by atoms with E-state index in [-0.39, 0.29) is 12.6 Å². The van der Waals surface area contributed by atoms with Crippen LogP contribution in [-0.2, 0) is 4.74 Å². The molecule has 3 rings (SSSR count). The summed E-state index contributed by atoms with van der Waals surface area (Å²) in [6.07, 6.45) is 3.08. The molecule has 2 aromatic heterocycles. The third-order valence-corrected chi connectivity index (χ3v) is 3.71. The summed E-state index contributed by atoms with van der Waals surface area (Å²) >= 11 is 0. The Kier molecular flexibility index (Phi) is 5.09. The minimum Gasteiger partial charge on any atom is -0.464 e. The van der Waals surface area contributed by atoms with Crippen LogP contribution in [0.4, 0.5) is 11.8 Å². The Balaban J connectivity index is 1.54. The van der Waals surface area contributed by atoms with Crippen molar-refractivity contribution < 1.29 is 14.3 Å². The molecule has 0 aromatic carbocycles. The predicted octanol–water partition coefficient (Wildman–Crippen LogP) is 2.11. The highest BCUT2D eigenvalue weighted by atomic mass is 16.5. The van der Waals surface area contributed by atoms with Gasteiger partial charge >= 0.3 is 0 Å². The minimum absolute atomic E-state index is 0.281. The van der Waals surface area contributed by atoms with Gasteiger partial charge in [0.05, 0.1) is 19.2 Å². The van der Waals surface area contributed by atoms with Crippen LogP contribution in [0.1, 0.15) is 30.5 Å². The highest BCUT2D eigenvalue weighted by molar-refractivity contribution is 5.40. The van der Waals surface area contributed by atoms with Crippen LogP contribution in [0.15, 0.2) is 28.8 Å². The zero-order valence-electron chi connectivity index (χ0n) is 13.2. The first-order valence-electron chi connectivity index (χ1n) is 7.86. The van der Waals surface area contributed by atoms with Gasteiger partial charge in [-0.15, -0.1) is 0 Å². The molecule has 7 heteroatoms. The Morgan fingerprint density at radius 2 is 2.30 bits per heavy atom. The van der Waals surface area contributed by atoms with E-state index in [0.717, 1.165) is 31.0 Å². The number of aryl methyl sites for hydroxylation is 1. The Morgan fingerprint density at radius 1 is 1.39 bits per heavy atom. The number of hydrogen-bond donors (Lipinski definition) is 3. The SMILES string of the molecule is Cc1ccc([C@@H](O)CNc2nccc(N[C@H]3CCCOC3)n2)o1. The van der Waals surface area contributed by atoms with Crippen LogP contribution < -0.4 is 10.6 Å². The largest absolute Gasteiger partial charge is 0.464 e. The lowest BCUT2D eigenvalue weighted by Gasteiger charge is -2.23. The molecule has 3 heterocycles. The van der Waals surface area contributed by atoms with E-state index in [9.17, 15) is 5.11 Å². The molecule has 0 spiro atoms. The maximum atomic E-state index is 10.1. The van der Waals surface area contributed by atoms with E-state index in [4.69, 9.17) is 9.15 Å². The summed E-state index contributed by atoms with van der Waals surface area (Å²) in [6.45, 7) is 3.65. The second-order valence-corrected chi connectivity index (χ2v) is 5.67. The normalized spacial score (nSPS) is 19.3. The van der Waals surface area contributed by atoms with Crippen LogP contribution in [-0.4, -0.2) is 40.9 Å². The van der Waals surface area contributed by atoms with Crippen molar-refractivity contribution in [3.8, 4) is 0 Å². The molecule has 0 saturated carbocycles. The number of aliphatic hydroxyl groups is 1. The number of nitrogens with zero attached hydrogens (tertiary/aromatic N) is 2. The monoisotopic (exact) mass is 318 g/mol. The van der Waals surface area contributed by atoms with Crippen LogP contribution in [0, 0.1) is 6.92 Å². The summed E-state index contributed by atoms with van der Waals surface area (Å²) in [4.78, 5) is 8.58. The average Bonchev–Trinajstić information content (AvgIpc) is 3.01. The van der Waals surface area contributed by atoms with Crippen molar-refractivity contribution in [2.24, 2.45) is 0 Å². The average molecular weight is 318 g/mol. The van der Waals surface area contributed by atoms with E-state index >= 15 is 0 Å². The van der Waals surface area contributed by atoms with Gasteiger partial charge in [0.2, 0.25) is 5.95 Å². The fourth-order valence-electron chi connectivity index (χ4n) is 2.51. The highest BCUT2D eigenvalue weighted by Gasteiger charge is 2.15. The number of aliphatic hydroxyl groups excluding tert-OH is 1. The molecule has 1 fully saturated rings. The summed E-state index contributed by atoms with van der Waals surface area (Å²) in [7, 11) is 0. The number of anilines is 2. The lowest BCUT2D eigenvalue weighted by molar-refractivity contribution is 0.0875. The number of ether oxygens (including phenoxy) is 1. The fraction of sp³-hybridized carbons (Fsp3) is 0.500. The molecule has 7 nitrogen and oxygen atoms in total. The topological polar surface area (TPSA) is 92.4 Å². The van der Waals surface area contributed by atoms with Crippen molar-refractivity contribution in [2.75, 3.05) is 30.4 Å². The van der Waals surface area contributed by atoms with E-state index in [1.54, 1.807) is 12.3 Å². The maximum Gasteiger partial charge on any atom is 0.224 e. The molecular weight excluding hydrogens is 296 g/mol. The molecule has 0 aliphatic carbocycles. The predicted molar refractivity (Wildman–Crippen MR) is 86.4 cm³/mol. The Hall–Kier alpha value is -2.12. The molecule has 3 N–H and O–H groups in total. The minimum atomic E-state index is -0.740. The van der Waals surface area contributed by atoms with Crippen molar-refractivity contribution >= 4 is 11.8 Å². The number of nitrogens with one attached hydrogen (secondary N) is 2. The molecule has 1 aliphatic rings. The summed E-state index contributed by atoms with van der Waals surface area (Å²) in [6, 6.07) is 5.70. The van der Waals surface area contributed by atoms with E-state index in [1.807, 2.05) is 19.1 Å². The standard InChI is InChI=1S/C16H22N4O3/c1-11-4-5-14(23-11)13(21)9-18-16-17-7-6-15(20-16)19-12-3-2-8-22-10-12/h4-7,12-13,21H,2-3,8-10H2,1H3,(H2,17,18,19,20)/t12-,13-/m0/s1. The lowest BCUT2D eigenvalue weighted by Crippen LogP contribution is -2.30. The molecule has 1 aliphatic heterocycles. The van der Waals surface area contributed by atoms with Gasteiger partial charge in [0.25, 0.3) is 0 Å². The van der Waals surface area contributed by atoms with Crippen molar-refractivity contribution in [1.29, 1.82) is 0 Å². The molecule has 2 atom stereocenters. The molecular formula is C16H22N4O3. The lowest BCUT2D eigenvalue weighted by atomic mass is 10.1. The molecule has 0 amide bonds. The van der Waals surface area contributed by atoms with Gasteiger partial charge in [0.15, 0.2) is 0 Å². The maximum absolute atomic E-state index is 10.1. The van der Waals surface area contributed by atoms with E-state index in [0.29, 0.717) is 18.3 Å². The molecule has 0 bridgehead atoms. The van der Waals surface area contributed by atoms with Gasteiger partial charge in [-0.05, 0) is 38.0 Å². The quantitative estimate of drug-likeness (QED) is 0.751. The fourth-order valence-corrected chi connectivity index (χ4v) is 2.51. The van der Waals surface area contributed by atoms with Gasteiger partial charge < -0.3 is 24.9 Å². The smallest absolute Gasteiger partial charge is 0.224 e. The van der Waals surface area contributed by atoms with E-state index < -0.39 is 6.10 Å². The number of furan rings is 1. The molecule has 0 radical (unpaired) electrons. The first-order valence-corrected chi connectivity index (χ1v) is 7.86. The highest BCUT2D eigenvalue weighted by Crippen LogP contribution is 2.17. The summed E-state index contributed by atoms with van der Waals surface area (Å²) in [5.41, 5.74) is 0. The number of hydrogen-bond acceptors (Lipinski definition) is 7. The first kappa shape index (κ1) is 15.8. The second-order valence-electron chi connectivity index (χ2n) is 5.67. The third-order valence-electron chi connectivity index (χ3n) is 3.71. The van der Waals surface area contributed by atoms with Gasteiger partial charge in [-0.3, -0.25) is 0 Å². The second kappa shape index (κ2) is 7.43. The summed E-state index contributed by atoms with van der Waals surface area (Å²) in [5.74, 6) is 2.52. The van der Waals surface area contributed by atoms with Crippen LogP contribution in [0.25, 0.3) is 0 Å². The van der Waals surface area contributed by atoms with Gasteiger partial charge in [0, 0.05) is 12.8 Å². The molecule has 1 saturated heterocycles. The summed E-state index contributed by atoms with van der Waals surface area (Å²) < 4.78 is 10.9. The van der Waals surface area contributed by atoms with Crippen molar-refractivity contribution in [3.63, 3.8) is 0 Å². The van der Waals surface area contributed by atoms with Crippen molar-refractivity contribution in [2.45, 2.75) is 31.9 Å². The van der Waals surface area contributed by atoms with Crippen LogP contribution in [0.2, 0.25) is 0 Å². The van der Waals surface area contributed by atoms with Crippen molar-refractivity contribution in [1.82, 2.24) is 9.97 Å². The van der Waals surface area contributed by atoms with Gasteiger partial charge in [-0.25, -0.2) is 4.98 Å². The van der Waals surface area contributed by atoms with E-state index in [2.05, 4.69) is 20.6 Å². The Labute approximate surface area is 135 Å². The zero-order chi connectivity index (χ0) is 16.1. The summed E-state index contributed by atoms with van der Waals surface area (Å²) in [5, 5.41) is 16.5. The molecule has 124 valence electrons. The molecule has 0 unspecified atom stereocenters. The first-order chi connectivity index (χ1) is 11.2. The van der Waals surface area contributed by atoms with Gasteiger partial charge in [-0.2, -0.15) is 4.98 Å². The van der Waals surface area contributed by atoms with Gasteiger partial charge in [-0.1, -0.05) is 0 Å². The van der Waals surface area contributed by atoms with Crippen LogP contribution in [0.3, 0.4) is 0 Å². The van der Waals surface area contributed by atoms with Gasteiger partial charge in [0.1, 0.15) is 23.4 Å². The number of aromatic nitrogens is 2. The van der Waals surface area contributed by atoms with E-state index in [1.165, 1.54) is 0 Å². The van der Waals surface area contributed by atoms with Crippen molar-refractivity contribution in [3.05, 3.63) is 35.9 Å². The Bertz CT molecular complexity index is 625. The molecule has 2 aromatic rings. The molecule has 23 heavy (non-hydrogen) atoms. The third kappa shape index (κ3) is 4.43. The van der Waals surface area contributed by atoms with Crippen LogP contribution >= 0.6 is 0 Å². The zero-order valence-corrected chi connectivity index (χ0v) is 13.2. The van der Waals surface area contributed by atoms with Crippen LogP contribution in [0.5, 0.6) is 0 Å². The Morgan fingerprint density at radius 3 is 3.04 bits per heavy atom.